The van der Waals surface area contributed by atoms with E-state index in [-0.39, 0.29) is 11.2 Å². The Morgan fingerprint density at radius 2 is 2.42 bits per heavy atom. The number of hydrogen-bond acceptors (Lipinski definition) is 4. The molecule has 1 unspecified atom stereocenters. The van der Waals surface area contributed by atoms with E-state index in [0.29, 0.717) is 17.3 Å². The van der Waals surface area contributed by atoms with E-state index in [0.717, 1.165) is 16.5 Å². The number of nitrogens with one attached hydrogen (secondary N) is 1. The third-order valence-electron chi connectivity index (χ3n) is 3.30. The van der Waals surface area contributed by atoms with Crippen LogP contribution >= 0.6 is 24.0 Å². The zero-order valence-electron chi connectivity index (χ0n) is 10.4. The van der Waals surface area contributed by atoms with Gasteiger partial charge in [0, 0.05) is 36.0 Å². The average Bonchev–Trinajstić information content (AvgIpc) is 2.93. The lowest BCUT2D eigenvalue weighted by Gasteiger charge is -2.11. The summed E-state index contributed by atoms with van der Waals surface area (Å²) in [4.78, 5) is 21.2. The number of H-pyrrole nitrogens is 1. The van der Waals surface area contributed by atoms with Crippen molar-refractivity contribution < 1.29 is 4.79 Å². The summed E-state index contributed by atoms with van der Waals surface area (Å²) in [7, 11) is 0. The molecule has 0 saturated carbocycles. The van der Waals surface area contributed by atoms with Gasteiger partial charge in [0.15, 0.2) is 0 Å². The summed E-state index contributed by atoms with van der Waals surface area (Å²) in [6.45, 7) is 2.60. The van der Waals surface area contributed by atoms with Crippen molar-refractivity contribution in [2.24, 2.45) is 0 Å². The van der Waals surface area contributed by atoms with Crippen molar-refractivity contribution in [3.05, 3.63) is 30.2 Å². The van der Waals surface area contributed by atoms with Crippen molar-refractivity contribution in [1.82, 2.24) is 14.9 Å². The van der Waals surface area contributed by atoms with E-state index in [9.17, 15) is 4.79 Å². The number of carbonyl (C=O) groups excluding carboxylic acids is 1. The highest BCUT2D eigenvalue weighted by molar-refractivity contribution is 8.24. The quantitative estimate of drug-likeness (QED) is 0.882. The first-order valence-electron chi connectivity index (χ1n) is 6.12. The van der Waals surface area contributed by atoms with Crippen molar-refractivity contribution >= 4 is 45.1 Å². The molecule has 19 heavy (non-hydrogen) atoms. The summed E-state index contributed by atoms with van der Waals surface area (Å²) in [6, 6.07) is 1.94. The minimum Gasteiger partial charge on any atom is -0.361 e. The molecule has 1 atom stereocenters. The maximum atomic E-state index is 12.2. The van der Waals surface area contributed by atoms with Gasteiger partial charge in [-0.25, -0.2) is 0 Å². The number of aromatic amines is 1. The summed E-state index contributed by atoms with van der Waals surface area (Å²) in [5, 5.41) is 0.975. The summed E-state index contributed by atoms with van der Waals surface area (Å²) >= 11 is 6.72. The van der Waals surface area contributed by atoms with Crippen LogP contribution in [0.5, 0.6) is 0 Å². The third kappa shape index (κ3) is 2.15. The van der Waals surface area contributed by atoms with Gasteiger partial charge in [-0.3, -0.25) is 14.7 Å². The van der Waals surface area contributed by atoms with Gasteiger partial charge in [0.05, 0.1) is 5.25 Å². The van der Waals surface area contributed by atoms with Crippen LogP contribution in [0.15, 0.2) is 24.7 Å². The number of nitrogens with zero attached hydrogens (tertiary/aromatic N) is 2. The Morgan fingerprint density at radius 1 is 1.58 bits per heavy atom. The first-order chi connectivity index (χ1) is 9.20. The Labute approximate surface area is 120 Å². The van der Waals surface area contributed by atoms with Crippen molar-refractivity contribution in [3.63, 3.8) is 0 Å². The van der Waals surface area contributed by atoms with Crippen molar-refractivity contribution in [1.29, 1.82) is 0 Å². The standard InChI is InChI=1S/C13H13N3OS2/c1-2-16-12(17)11(19-13(16)18)5-8-6-15-10-3-4-14-7-9(8)10/h3-4,6-7,11,15H,2,5H2,1H3. The molecule has 1 saturated heterocycles. The number of hydrogen-bond donors (Lipinski definition) is 1. The fourth-order valence-electron chi connectivity index (χ4n) is 2.30. The molecule has 0 radical (unpaired) electrons. The molecule has 1 aliphatic rings. The van der Waals surface area contributed by atoms with E-state index in [1.54, 1.807) is 11.1 Å². The molecule has 1 N–H and O–H groups in total. The van der Waals surface area contributed by atoms with Gasteiger partial charge in [-0.15, -0.1) is 0 Å². The van der Waals surface area contributed by atoms with Crippen LogP contribution in [0.25, 0.3) is 10.9 Å². The number of fused-ring (bicyclic) bond motifs is 1. The fraction of sp³-hybridized carbons (Fsp3) is 0.308. The second-order valence-corrected chi connectivity index (χ2v) is 6.23. The number of thiocarbonyl (C=S) groups is 1. The second kappa shape index (κ2) is 4.94. The van der Waals surface area contributed by atoms with Gasteiger partial charge in [-0.05, 0) is 25.0 Å². The summed E-state index contributed by atoms with van der Waals surface area (Å²) in [6.07, 6.45) is 6.23. The third-order valence-corrected chi connectivity index (χ3v) is 4.88. The highest BCUT2D eigenvalue weighted by Crippen LogP contribution is 2.31. The molecule has 2 aromatic heterocycles. The van der Waals surface area contributed by atoms with Gasteiger partial charge >= 0.3 is 0 Å². The molecular formula is C13H13N3OS2. The monoisotopic (exact) mass is 291 g/mol. The average molecular weight is 291 g/mol. The second-order valence-electron chi connectivity index (χ2n) is 4.39. The maximum Gasteiger partial charge on any atom is 0.241 e. The maximum absolute atomic E-state index is 12.2. The first kappa shape index (κ1) is 12.6. The number of aromatic nitrogens is 2. The molecule has 2 aromatic rings. The van der Waals surface area contributed by atoms with Crippen LogP contribution in [0.3, 0.4) is 0 Å². The van der Waals surface area contributed by atoms with Crippen LogP contribution in [0.1, 0.15) is 12.5 Å². The van der Waals surface area contributed by atoms with Gasteiger partial charge in [0.2, 0.25) is 5.91 Å². The van der Waals surface area contributed by atoms with Gasteiger partial charge in [0.25, 0.3) is 0 Å². The van der Waals surface area contributed by atoms with Gasteiger partial charge in [-0.1, -0.05) is 24.0 Å². The zero-order valence-corrected chi connectivity index (χ0v) is 12.1. The first-order valence-corrected chi connectivity index (χ1v) is 7.41. The number of amides is 1. The molecule has 98 valence electrons. The number of carbonyl (C=O) groups is 1. The van der Waals surface area contributed by atoms with E-state index in [2.05, 4.69) is 9.97 Å². The Bertz CT molecular complexity index is 652. The molecule has 0 aromatic carbocycles. The van der Waals surface area contributed by atoms with Gasteiger partial charge in [-0.2, -0.15) is 0 Å². The minimum absolute atomic E-state index is 0.105. The molecule has 6 heteroatoms. The highest BCUT2D eigenvalue weighted by Gasteiger charge is 2.36. The lowest BCUT2D eigenvalue weighted by atomic mass is 10.1. The summed E-state index contributed by atoms with van der Waals surface area (Å²) in [5.41, 5.74) is 2.17. The minimum atomic E-state index is -0.105. The Morgan fingerprint density at radius 3 is 3.16 bits per heavy atom. The number of rotatable bonds is 3. The highest BCUT2D eigenvalue weighted by atomic mass is 32.2. The Kier molecular flexibility index (Phi) is 3.28. The molecule has 0 bridgehead atoms. The predicted octanol–water partition coefficient (Wildman–Crippen LogP) is 2.35. The van der Waals surface area contributed by atoms with E-state index in [1.165, 1.54) is 11.8 Å². The van der Waals surface area contributed by atoms with Crippen LogP contribution in [0.4, 0.5) is 0 Å². The lowest BCUT2D eigenvalue weighted by molar-refractivity contribution is -0.125. The van der Waals surface area contributed by atoms with Crippen molar-refractivity contribution in [2.45, 2.75) is 18.6 Å². The van der Waals surface area contributed by atoms with Crippen molar-refractivity contribution in [3.8, 4) is 0 Å². The van der Waals surface area contributed by atoms with Crippen LogP contribution in [-0.2, 0) is 11.2 Å². The van der Waals surface area contributed by atoms with E-state index in [4.69, 9.17) is 12.2 Å². The fourth-order valence-corrected chi connectivity index (χ4v) is 3.95. The number of pyridine rings is 1. The Hall–Kier alpha value is -1.40. The topological polar surface area (TPSA) is 49.0 Å². The zero-order chi connectivity index (χ0) is 13.4. The molecule has 4 nitrogen and oxygen atoms in total. The molecule has 0 aliphatic carbocycles. The van der Waals surface area contributed by atoms with E-state index < -0.39 is 0 Å². The summed E-state index contributed by atoms with van der Waals surface area (Å²) < 4.78 is 0.690. The SMILES string of the molecule is CCN1C(=O)C(Cc2c[nH]c3ccncc23)SC1=S. The number of thioether (sulfide) groups is 1. The van der Waals surface area contributed by atoms with E-state index in [1.807, 2.05) is 25.4 Å². The smallest absolute Gasteiger partial charge is 0.241 e. The molecule has 1 fully saturated rings. The molecular weight excluding hydrogens is 278 g/mol. The largest absolute Gasteiger partial charge is 0.361 e. The van der Waals surface area contributed by atoms with Gasteiger partial charge < -0.3 is 4.98 Å². The van der Waals surface area contributed by atoms with Gasteiger partial charge in [0.1, 0.15) is 4.32 Å². The lowest BCUT2D eigenvalue weighted by Crippen LogP contribution is -2.31. The predicted molar refractivity (Wildman–Crippen MR) is 81.2 cm³/mol. The normalized spacial score (nSPS) is 19.6. The molecule has 1 aliphatic heterocycles. The molecule has 3 heterocycles. The van der Waals surface area contributed by atoms with Crippen molar-refractivity contribution in [2.75, 3.05) is 6.54 Å². The van der Waals surface area contributed by atoms with Crippen LogP contribution < -0.4 is 0 Å². The van der Waals surface area contributed by atoms with Crippen LogP contribution in [0, 0.1) is 0 Å². The molecule has 0 spiro atoms. The molecule has 3 rings (SSSR count). The van der Waals surface area contributed by atoms with E-state index >= 15 is 0 Å². The Balaban J connectivity index is 1.86. The summed E-state index contributed by atoms with van der Waals surface area (Å²) in [5.74, 6) is 0.121. The van der Waals surface area contributed by atoms with Crippen LogP contribution in [0.2, 0.25) is 0 Å². The molecule has 1 amide bonds. The van der Waals surface area contributed by atoms with Crippen LogP contribution in [-0.4, -0.2) is 36.9 Å².